The number of carbonyl (C=O) groups excluding carboxylic acids is 1. The molecule has 2 aliphatic rings. The average molecular weight is 299 g/mol. The van der Waals surface area contributed by atoms with Crippen molar-refractivity contribution in [2.75, 3.05) is 26.2 Å². The van der Waals surface area contributed by atoms with Gasteiger partial charge in [-0.15, -0.1) is 0 Å². The lowest BCUT2D eigenvalue weighted by Crippen LogP contribution is -2.52. The summed E-state index contributed by atoms with van der Waals surface area (Å²) in [5.74, 6) is 0. The second-order valence-corrected chi connectivity index (χ2v) is 7.00. The van der Waals surface area contributed by atoms with Crippen molar-refractivity contribution >= 4 is 6.09 Å². The molecule has 122 valence electrons. The summed E-state index contributed by atoms with van der Waals surface area (Å²) in [5, 5.41) is 3.27. The maximum atomic E-state index is 12.0. The second-order valence-electron chi connectivity index (χ2n) is 7.00. The quantitative estimate of drug-likeness (QED) is 0.798. The third kappa shape index (κ3) is 5.13. The van der Waals surface area contributed by atoms with Crippen molar-refractivity contribution in [3.8, 4) is 0 Å². The maximum Gasteiger partial charge on any atom is 0.410 e. The first-order valence-electron chi connectivity index (χ1n) is 7.95. The van der Waals surface area contributed by atoms with Crippen LogP contribution in [-0.2, 0) is 9.47 Å². The fourth-order valence-corrected chi connectivity index (χ4v) is 2.78. The van der Waals surface area contributed by atoms with E-state index in [9.17, 15) is 4.79 Å². The number of rotatable bonds is 2. The number of amides is 1. The third-order valence-corrected chi connectivity index (χ3v) is 3.92. The summed E-state index contributed by atoms with van der Waals surface area (Å²) in [5.41, 5.74) is 5.63. The lowest BCUT2D eigenvalue weighted by molar-refractivity contribution is -0.0623. The van der Waals surface area contributed by atoms with Crippen LogP contribution in [0.4, 0.5) is 4.79 Å². The molecule has 2 rings (SSSR count). The van der Waals surface area contributed by atoms with Crippen LogP contribution in [0.1, 0.15) is 40.0 Å². The molecule has 3 N–H and O–H groups in total. The van der Waals surface area contributed by atoms with Crippen LogP contribution >= 0.6 is 0 Å². The molecule has 0 radical (unpaired) electrons. The standard InChI is InChI=1S/C15H29N3O3/c1-15(2,3)21-14(19)18-8-5-11(6-9-18)20-13-4-7-17-10-12(13)16/h11-13,17H,4-10,16H2,1-3H3. The van der Waals surface area contributed by atoms with Gasteiger partial charge in [-0.2, -0.15) is 0 Å². The largest absolute Gasteiger partial charge is 0.444 e. The van der Waals surface area contributed by atoms with Crippen LogP contribution in [0.5, 0.6) is 0 Å². The van der Waals surface area contributed by atoms with Gasteiger partial charge in [0.1, 0.15) is 5.60 Å². The molecule has 2 heterocycles. The molecule has 6 heteroatoms. The highest BCUT2D eigenvalue weighted by molar-refractivity contribution is 5.68. The molecule has 0 saturated carbocycles. The number of ether oxygens (including phenoxy) is 2. The summed E-state index contributed by atoms with van der Waals surface area (Å²) >= 11 is 0. The first-order valence-corrected chi connectivity index (χ1v) is 7.95. The van der Waals surface area contributed by atoms with Gasteiger partial charge >= 0.3 is 6.09 Å². The topological polar surface area (TPSA) is 76.8 Å². The number of nitrogens with two attached hydrogens (primary N) is 1. The molecular weight excluding hydrogens is 270 g/mol. The van der Waals surface area contributed by atoms with E-state index in [4.69, 9.17) is 15.2 Å². The van der Waals surface area contributed by atoms with Gasteiger partial charge in [0.15, 0.2) is 0 Å². The monoisotopic (exact) mass is 299 g/mol. The molecule has 0 bridgehead atoms. The van der Waals surface area contributed by atoms with Crippen molar-refractivity contribution in [3.05, 3.63) is 0 Å². The van der Waals surface area contributed by atoms with Gasteiger partial charge in [0.2, 0.25) is 0 Å². The number of likely N-dealkylation sites (tertiary alicyclic amines) is 1. The lowest BCUT2D eigenvalue weighted by Gasteiger charge is -2.37. The highest BCUT2D eigenvalue weighted by Gasteiger charge is 2.30. The van der Waals surface area contributed by atoms with Crippen LogP contribution in [0, 0.1) is 0 Å². The predicted molar refractivity (Wildman–Crippen MR) is 81.2 cm³/mol. The molecule has 2 unspecified atom stereocenters. The van der Waals surface area contributed by atoms with Gasteiger partial charge in [-0.05, 0) is 46.6 Å². The van der Waals surface area contributed by atoms with Gasteiger partial charge in [-0.1, -0.05) is 0 Å². The van der Waals surface area contributed by atoms with E-state index in [2.05, 4.69) is 5.32 Å². The summed E-state index contributed by atoms with van der Waals surface area (Å²) in [4.78, 5) is 13.8. The molecular formula is C15H29N3O3. The first-order chi connectivity index (χ1) is 9.85. The van der Waals surface area contributed by atoms with Gasteiger partial charge < -0.3 is 25.4 Å². The van der Waals surface area contributed by atoms with Crippen molar-refractivity contribution in [1.29, 1.82) is 0 Å². The van der Waals surface area contributed by atoms with Crippen molar-refractivity contribution in [1.82, 2.24) is 10.2 Å². The number of hydrogen-bond donors (Lipinski definition) is 2. The van der Waals surface area contributed by atoms with Crippen molar-refractivity contribution < 1.29 is 14.3 Å². The van der Waals surface area contributed by atoms with E-state index in [-0.39, 0.29) is 24.3 Å². The molecule has 21 heavy (non-hydrogen) atoms. The summed E-state index contributed by atoms with van der Waals surface area (Å²) < 4.78 is 11.5. The minimum Gasteiger partial charge on any atom is -0.444 e. The van der Waals surface area contributed by atoms with E-state index in [1.165, 1.54) is 0 Å². The molecule has 2 atom stereocenters. The predicted octanol–water partition coefficient (Wildman–Crippen LogP) is 1.09. The Morgan fingerprint density at radius 3 is 2.48 bits per heavy atom. The first kappa shape index (κ1) is 16.5. The van der Waals surface area contributed by atoms with Crippen LogP contribution in [0.2, 0.25) is 0 Å². The van der Waals surface area contributed by atoms with E-state index in [1.807, 2.05) is 20.8 Å². The molecule has 0 aliphatic carbocycles. The number of piperidine rings is 2. The molecule has 0 aromatic rings. The Bertz CT molecular complexity index is 349. The maximum absolute atomic E-state index is 12.0. The minimum absolute atomic E-state index is 0.0719. The highest BCUT2D eigenvalue weighted by atomic mass is 16.6. The van der Waals surface area contributed by atoms with Gasteiger partial charge in [0, 0.05) is 25.7 Å². The lowest BCUT2D eigenvalue weighted by atomic mass is 10.0. The fraction of sp³-hybridized carbons (Fsp3) is 0.933. The van der Waals surface area contributed by atoms with Gasteiger partial charge in [0.05, 0.1) is 12.2 Å². The number of carbonyl (C=O) groups is 1. The smallest absolute Gasteiger partial charge is 0.410 e. The zero-order valence-electron chi connectivity index (χ0n) is 13.4. The number of hydrogen-bond acceptors (Lipinski definition) is 5. The molecule has 2 fully saturated rings. The summed E-state index contributed by atoms with van der Waals surface area (Å²) in [6, 6.07) is 0.0719. The SMILES string of the molecule is CC(C)(C)OC(=O)N1CCC(OC2CCNCC2N)CC1. The minimum atomic E-state index is -0.438. The average Bonchev–Trinajstić information content (AvgIpc) is 2.40. The zero-order valence-corrected chi connectivity index (χ0v) is 13.4. The van der Waals surface area contributed by atoms with E-state index >= 15 is 0 Å². The van der Waals surface area contributed by atoms with Gasteiger partial charge in [-0.3, -0.25) is 0 Å². The summed E-state index contributed by atoms with van der Waals surface area (Å²) in [6.45, 7) is 8.84. The van der Waals surface area contributed by atoms with Gasteiger partial charge in [-0.25, -0.2) is 4.79 Å². The normalized spacial score (nSPS) is 28.5. The number of nitrogens with zero attached hydrogens (tertiary/aromatic N) is 1. The molecule has 6 nitrogen and oxygen atoms in total. The van der Waals surface area contributed by atoms with Crippen molar-refractivity contribution in [2.24, 2.45) is 5.73 Å². The van der Waals surface area contributed by atoms with Gasteiger partial charge in [0.25, 0.3) is 0 Å². The van der Waals surface area contributed by atoms with Crippen LogP contribution in [-0.4, -0.2) is 61.0 Å². The Morgan fingerprint density at radius 1 is 1.24 bits per heavy atom. The molecule has 0 aromatic carbocycles. The number of nitrogens with one attached hydrogen (secondary N) is 1. The molecule has 1 amide bonds. The van der Waals surface area contributed by atoms with Crippen LogP contribution in [0.25, 0.3) is 0 Å². The third-order valence-electron chi connectivity index (χ3n) is 3.92. The van der Waals surface area contributed by atoms with Crippen LogP contribution in [0.3, 0.4) is 0 Å². The van der Waals surface area contributed by atoms with Crippen LogP contribution in [0.15, 0.2) is 0 Å². The Hall–Kier alpha value is -0.850. The Balaban J connectivity index is 1.74. The summed E-state index contributed by atoms with van der Waals surface area (Å²) in [6.07, 6.45) is 2.81. The Morgan fingerprint density at radius 2 is 1.90 bits per heavy atom. The van der Waals surface area contributed by atoms with E-state index in [0.29, 0.717) is 13.1 Å². The zero-order chi connectivity index (χ0) is 15.5. The van der Waals surface area contributed by atoms with E-state index < -0.39 is 5.60 Å². The molecule has 2 saturated heterocycles. The summed E-state index contributed by atoms with van der Waals surface area (Å²) in [7, 11) is 0. The second kappa shape index (κ2) is 6.94. The Labute approximate surface area is 127 Å². The van der Waals surface area contributed by atoms with E-state index in [1.54, 1.807) is 4.90 Å². The molecule has 0 spiro atoms. The van der Waals surface area contributed by atoms with Crippen molar-refractivity contribution in [2.45, 2.75) is 63.9 Å². The highest BCUT2D eigenvalue weighted by Crippen LogP contribution is 2.20. The van der Waals surface area contributed by atoms with Crippen LogP contribution < -0.4 is 11.1 Å². The molecule has 0 aromatic heterocycles. The van der Waals surface area contributed by atoms with E-state index in [0.717, 1.165) is 32.4 Å². The molecule has 2 aliphatic heterocycles. The Kier molecular flexibility index (Phi) is 5.46. The van der Waals surface area contributed by atoms with Crippen molar-refractivity contribution in [3.63, 3.8) is 0 Å². The fourth-order valence-electron chi connectivity index (χ4n) is 2.78.